The first-order valence-electron chi connectivity index (χ1n) is 4.62. The molecule has 12 heavy (non-hydrogen) atoms. The molecule has 1 N–H and O–H groups in total. The number of fused-ring (bicyclic) bond motifs is 1. The van der Waals surface area contributed by atoms with Gasteiger partial charge in [-0.3, -0.25) is 0 Å². The normalized spacial score (nSPS) is 23.2. The molecule has 0 spiro atoms. The van der Waals surface area contributed by atoms with E-state index in [1.165, 1.54) is 25.7 Å². The summed E-state index contributed by atoms with van der Waals surface area (Å²) in [7, 11) is 2.07. The fraction of sp³-hybridized carbons (Fsp3) is 0.600. The van der Waals surface area contributed by atoms with Crippen LogP contribution < -0.4 is 5.32 Å². The van der Waals surface area contributed by atoms with Gasteiger partial charge in [-0.25, -0.2) is 0 Å². The van der Waals surface area contributed by atoms with Gasteiger partial charge in [-0.1, -0.05) is 0 Å². The van der Waals surface area contributed by atoms with Crippen molar-refractivity contribution >= 4 is 11.3 Å². The Morgan fingerprint density at radius 3 is 3.08 bits per heavy atom. The van der Waals surface area contributed by atoms with Gasteiger partial charge >= 0.3 is 0 Å². The quantitative estimate of drug-likeness (QED) is 0.655. The average molecular weight is 181 g/mol. The van der Waals surface area contributed by atoms with Gasteiger partial charge in [0.2, 0.25) is 0 Å². The van der Waals surface area contributed by atoms with Crippen molar-refractivity contribution in [1.82, 2.24) is 5.32 Å². The molecule has 1 unspecified atom stereocenters. The lowest BCUT2D eigenvalue weighted by Crippen LogP contribution is -2.24. The molecule has 1 aromatic heterocycles. The summed E-state index contributed by atoms with van der Waals surface area (Å²) < 4.78 is 0. The zero-order valence-electron chi connectivity index (χ0n) is 7.47. The Balaban J connectivity index is 2.10. The monoisotopic (exact) mass is 181 g/mol. The topological polar surface area (TPSA) is 12.0 Å². The summed E-state index contributed by atoms with van der Waals surface area (Å²) in [6, 6.07) is 3.03. The minimum Gasteiger partial charge on any atom is -0.317 e. The highest BCUT2D eigenvalue weighted by molar-refractivity contribution is 7.10. The molecule has 66 valence electrons. The van der Waals surface area contributed by atoms with E-state index in [-0.39, 0.29) is 0 Å². The van der Waals surface area contributed by atoms with Gasteiger partial charge < -0.3 is 5.32 Å². The van der Waals surface area contributed by atoms with E-state index in [0.717, 1.165) is 6.04 Å². The van der Waals surface area contributed by atoms with Crippen LogP contribution in [0.5, 0.6) is 0 Å². The third-order valence-electron chi connectivity index (χ3n) is 2.73. The van der Waals surface area contributed by atoms with E-state index in [0.29, 0.717) is 0 Å². The molecule has 2 heteroatoms. The number of hydrogen-bond acceptors (Lipinski definition) is 2. The van der Waals surface area contributed by atoms with Crippen molar-refractivity contribution in [3.63, 3.8) is 0 Å². The maximum absolute atomic E-state index is 3.37. The van der Waals surface area contributed by atoms with E-state index >= 15 is 0 Å². The lowest BCUT2D eigenvalue weighted by Gasteiger charge is -2.11. The number of rotatable bonds is 1. The highest BCUT2D eigenvalue weighted by Gasteiger charge is 2.14. The molecule has 0 aliphatic heterocycles. The molecule has 1 aliphatic rings. The molecule has 0 saturated carbocycles. The number of thiophene rings is 1. The van der Waals surface area contributed by atoms with E-state index in [4.69, 9.17) is 0 Å². The zero-order chi connectivity index (χ0) is 8.39. The van der Waals surface area contributed by atoms with Crippen molar-refractivity contribution in [2.75, 3.05) is 7.05 Å². The summed E-state index contributed by atoms with van der Waals surface area (Å²) in [4.78, 5) is 1.62. The van der Waals surface area contributed by atoms with Crippen LogP contribution in [0.4, 0.5) is 0 Å². The SMILES string of the molecule is CNC1CCc2ccsc2CC1. The molecule has 0 aromatic carbocycles. The summed E-state index contributed by atoms with van der Waals surface area (Å²) in [5.74, 6) is 0. The van der Waals surface area contributed by atoms with E-state index in [9.17, 15) is 0 Å². The van der Waals surface area contributed by atoms with Crippen LogP contribution in [0.25, 0.3) is 0 Å². The Hall–Kier alpha value is -0.340. The molecule has 1 heterocycles. The molecule has 0 fully saturated rings. The second kappa shape index (κ2) is 3.58. The van der Waals surface area contributed by atoms with E-state index in [1.807, 2.05) is 11.3 Å². The summed E-state index contributed by atoms with van der Waals surface area (Å²) in [6.07, 6.45) is 5.16. The minimum absolute atomic E-state index is 0.740. The number of nitrogens with one attached hydrogen (secondary N) is 1. The summed E-state index contributed by atoms with van der Waals surface area (Å²) >= 11 is 1.92. The fourth-order valence-corrected chi connectivity index (χ4v) is 2.83. The van der Waals surface area contributed by atoms with Crippen LogP contribution >= 0.6 is 11.3 Å². The Labute approximate surface area is 77.8 Å². The predicted octanol–water partition coefficient (Wildman–Crippen LogP) is 2.21. The van der Waals surface area contributed by atoms with Crippen molar-refractivity contribution in [2.45, 2.75) is 31.7 Å². The highest BCUT2D eigenvalue weighted by atomic mass is 32.1. The van der Waals surface area contributed by atoms with Crippen molar-refractivity contribution in [1.29, 1.82) is 0 Å². The van der Waals surface area contributed by atoms with Crippen LogP contribution in [0.3, 0.4) is 0 Å². The molecule has 0 radical (unpaired) electrons. The van der Waals surface area contributed by atoms with Crippen LogP contribution in [0, 0.1) is 0 Å². The molecule has 1 aliphatic carbocycles. The molecular weight excluding hydrogens is 166 g/mol. The molecule has 1 nitrogen and oxygen atoms in total. The van der Waals surface area contributed by atoms with Crippen molar-refractivity contribution in [2.24, 2.45) is 0 Å². The Morgan fingerprint density at radius 2 is 2.25 bits per heavy atom. The Bertz CT molecular complexity index is 232. The molecule has 0 amide bonds. The average Bonchev–Trinajstić information content (AvgIpc) is 2.46. The number of aryl methyl sites for hydroxylation is 2. The smallest absolute Gasteiger partial charge is 0.00778 e. The third kappa shape index (κ3) is 1.54. The van der Waals surface area contributed by atoms with E-state index < -0.39 is 0 Å². The first kappa shape index (κ1) is 8.27. The van der Waals surface area contributed by atoms with Gasteiger partial charge in [-0.05, 0) is 49.7 Å². The third-order valence-corrected chi connectivity index (χ3v) is 3.75. The van der Waals surface area contributed by atoms with Gasteiger partial charge in [0.25, 0.3) is 0 Å². The molecule has 1 atom stereocenters. The Kier molecular flexibility index (Phi) is 2.47. The molecule has 0 bridgehead atoms. The lowest BCUT2D eigenvalue weighted by molar-refractivity contribution is 0.504. The zero-order valence-corrected chi connectivity index (χ0v) is 8.29. The van der Waals surface area contributed by atoms with Gasteiger partial charge in [-0.2, -0.15) is 0 Å². The predicted molar refractivity (Wildman–Crippen MR) is 53.8 cm³/mol. The summed E-state index contributed by atoms with van der Waals surface area (Å²) in [5.41, 5.74) is 1.60. The maximum atomic E-state index is 3.37. The maximum Gasteiger partial charge on any atom is 0.00778 e. The first-order chi connectivity index (χ1) is 5.90. The van der Waals surface area contributed by atoms with Crippen molar-refractivity contribution in [3.05, 3.63) is 21.9 Å². The van der Waals surface area contributed by atoms with E-state index in [1.54, 1.807) is 10.4 Å². The van der Waals surface area contributed by atoms with Crippen molar-refractivity contribution < 1.29 is 0 Å². The van der Waals surface area contributed by atoms with Crippen LogP contribution in [0.15, 0.2) is 11.4 Å². The molecule has 0 saturated heterocycles. The molecule has 2 rings (SSSR count). The fourth-order valence-electron chi connectivity index (χ4n) is 1.88. The standard InChI is InChI=1S/C10H15NS/c1-11-9-3-2-8-6-7-12-10(8)5-4-9/h6-7,9,11H,2-5H2,1H3. The van der Waals surface area contributed by atoms with Gasteiger partial charge in [0, 0.05) is 10.9 Å². The van der Waals surface area contributed by atoms with Crippen LogP contribution in [0.2, 0.25) is 0 Å². The van der Waals surface area contributed by atoms with Gasteiger partial charge in [0.05, 0.1) is 0 Å². The summed E-state index contributed by atoms with van der Waals surface area (Å²) in [5, 5.41) is 5.60. The molecular formula is C10H15NS. The first-order valence-corrected chi connectivity index (χ1v) is 5.50. The summed E-state index contributed by atoms with van der Waals surface area (Å²) in [6.45, 7) is 0. The van der Waals surface area contributed by atoms with E-state index in [2.05, 4.69) is 23.8 Å². The second-order valence-corrected chi connectivity index (χ2v) is 4.43. The van der Waals surface area contributed by atoms with Gasteiger partial charge in [-0.15, -0.1) is 11.3 Å². The largest absolute Gasteiger partial charge is 0.317 e. The minimum atomic E-state index is 0.740. The number of hydrogen-bond donors (Lipinski definition) is 1. The van der Waals surface area contributed by atoms with Crippen LogP contribution in [0.1, 0.15) is 23.3 Å². The second-order valence-electron chi connectivity index (χ2n) is 3.43. The molecule has 1 aromatic rings. The van der Waals surface area contributed by atoms with Gasteiger partial charge in [0.15, 0.2) is 0 Å². The van der Waals surface area contributed by atoms with Crippen molar-refractivity contribution in [3.8, 4) is 0 Å². The lowest BCUT2D eigenvalue weighted by atomic mass is 10.1. The van der Waals surface area contributed by atoms with Crippen LogP contribution in [-0.2, 0) is 12.8 Å². The van der Waals surface area contributed by atoms with Crippen LogP contribution in [-0.4, -0.2) is 13.1 Å². The highest BCUT2D eigenvalue weighted by Crippen LogP contribution is 2.25. The Morgan fingerprint density at radius 1 is 1.42 bits per heavy atom. The van der Waals surface area contributed by atoms with Gasteiger partial charge in [0.1, 0.15) is 0 Å².